The van der Waals surface area contributed by atoms with Crippen molar-refractivity contribution in [3.05, 3.63) is 87.2 Å². The van der Waals surface area contributed by atoms with Crippen LogP contribution in [0.1, 0.15) is 63.2 Å². The van der Waals surface area contributed by atoms with Crippen molar-refractivity contribution in [3.63, 3.8) is 0 Å². The van der Waals surface area contributed by atoms with Gasteiger partial charge in [-0.05, 0) is 78.8 Å². The Bertz CT molecular complexity index is 1370. The van der Waals surface area contributed by atoms with Gasteiger partial charge in [-0.1, -0.05) is 44.2 Å². The highest BCUT2D eigenvalue weighted by molar-refractivity contribution is 5.81. The van der Waals surface area contributed by atoms with E-state index in [1.54, 1.807) is 12.1 Å². The molecule has 0 fully saturated rings. The number of pyridine rings is 1. The molecule has 8 heteroatoms. The van der Waals surface area contributed by atoms with Gasteiger partial charge in [0.2, 0.25) is 0 Å². The summed E-state index contributed by atoms with van der Waals surface area (Å²) in [7, 11) is 0. The average molecular weight is 477 g/mol. The molecule has 0 spiro atoms. The number of aromatic amines is 1. The maximum Gasteiger partial charge on any atom is 0.252 e. The number of hydrogen-bond donors (Lipinski definition) is 1. The lowest BCUT2D eigenvalue weighted by Crippen LogP contribution is -2.37. The Hall–Kier alpha value is -3.39. The Morgan fingerprint density at radius 1 is 1.09 bits per heavy atom. The first-order valence-corrected chi connectivity index (χ1v) is 11.9. The number of para-hydroxylation sites is 1. The maximum atomic E-state index is 13.6. The number of aromatic nitrogens is 5. The first-order valence-electron chi connectivity index (χ1n) is 11.9. The molecule has 0 bridgehead atoms. The summed E-state index contributed by atoms with van der Waals surface area (Å²) in [5.74, 6) is 0.603. The second-order valence-electron chi connectivity index (χ2n) is 10.5. The zero-order valence-electron chi connectivity index (χ0n) is 21.2. The number of fused-ring (bicyclic) bond motifs is 1. The third kappa shape index (κ3) is 5.32. The highest BCUT2D eigenvalue weighted by Crippen LogP contribution is 2.32. The molecule has 7 nitrogen and oxygen atoms in total. The Morgan fingerprint density at radius 2 is 1.80 bits per heavy atom. The van der Waals surface area contributed by atoms with Crippen LogP contribution in [-0.4, -0.2) is 30.1 Å². The van der Waals surface area contributed by atoms with E-state index in [9.17, 15) is 9.18 Å². The first kappa shape index (κ1) is 24.7. The SMILES string of the molecule is Cc1cccc2cc(CN(Cc3ccc(F)cc3)C(c3nnnn3C(C)(C)C)C(C)C)c(=O)[nH]c12. The molecule has 0 saturated heterocycles. The molecule has 2 aromatic carbocycles. The number of benzene rings is 2. The van der Waals surface area contributed by atoms with E-state index in [1.807, 2.05) is 35.9 Å². The van der Waals surface area contributed by atoms with Crippen LogP contribution in [-0.2, 0) is 18.6 Å². The maximum absolute atomic E-state index is 13.6. The van der Waals surface area contributed by atoms with Gasteiger partial charge in [-0.3, -0.25) is 9.69 Å². The fourth-order valence-corrected chi connectivity index (χ4v) is 4.58. The number of aryl methyl sites for hydroxylation is 1. The van der Waals surface area contributed by atoms with Crippen LogP contribution in [0.5, 0.6) is 0 Å². The summed E-state index contributed by atoms with van der Waals surface area (Å²) < 4.78 is 15.5. The van der Waals surface area contributed by atoms with Crippen molar-refractivity contribution in [2.75, 3.05) is 0 Å². The molecular weight excluding hydrogens is 443 g/mol. The van der Waals surface area contributed by atoms with E-state index in [0.29, 0.717) is 18.7 Å². The van der Waals surface area contributed by atoms with Crippen LogP contribution in [0.25, 0.3) is 10.9 Å². The van der Waals surface area contributed by atoms with E-state index < -0.39 is 0 Å². The Morgan fingerprint density at radius 3 is 2.46 bits per heavy atom. The summed E-state index contributed by atoms with van der Waals surface area (Å²) in [6.07, 6.45) is 0. The number of hydrogen-bond acceptors (Lipinski definition) is 5. The van der Waals surface area contributed by atoms with Gasteiger partial charge in [0.25, 0.3) is 5.56 Å². The van der Waals surface area contributed by atoms with Gasteiger partial charge in [0.15, 0.2) is 5.82 Å². The molecule has 0 aliphatic carbocycles. The quantitative estimate of drug-likeness (QED) is 0.401. The molecule has 35 heavy (non-hydrogen) atoms. The van der Waals surface area contributed by atoms with Crippen LogP contribution >= 0.6 is 0 Å². The molecule has 4 aromatic rings. The normalized spacial score (nSPS) is 13.2. The Balaban J connectivity index is 1.81. The molecule has 0 amide bonds. The van der Waals surface area contributed by atoms with Crippen LogP contribution in [0.15, 0.2) is 53.3 Å². The van der Waals surface area contributed by atoms with Crippen molar-refractivity contribution in [1.82, 2.24) is 30.1 Å². The van der Waals surface area contributed by atoms with Gasteiger partial charge in [0.1, 0.15) is 5.82 Å². The minimum Gasteiger partial charge on any atom is -0.321 e. The first-order chi connectivity index (χ1) is 16.5. The van der Waals surface area contributed by atoms with E-state index in [4.69, 9.17) is 0 Å². The van der Waals surface area contributed by atoms with Gasteiger partial charge in [-0.25, -0.2) is 9.07 Å². The van der Waals surface area contributed by atoms with Gasteiger partial charge in [0.05, 0.1) is 17.1 Å². The lowest BCUT2D eigenvalue weighted by atomic mass is 9.98. The molecule has 2 aromatic heterocycles. The highest BCUT2D eigenvalue weighted by Gasteiger charge is 2.33. The highest BCUT2D eigenvalue weighted by atomic mass is 19.1. The summed E-state index contributed by atoms with van der Waals surface area (Å²) in [6.45, 7) is 13.3. The van der Waals surface area contributed by atoms with E-state index >= 15 is 0 Å². The monoisotopic (exact) mass is 476 g/mol. The number of H-pyrrole nitrogens is 1. The summed E-state index contributed by atoms with van der Waals surface area (Å²) in [5, 5.41) is 13.7. The van der Waals surface area contributed by atoms with Crippen molar-refractivity contribution in [1.29, 1.82) is 0 Å². The fraction of sp³-hybridized carbons (Fsp3) is 0.407. The van der Waals surface area contributed by atoms with Gasteiger partial charge in [0, 0.05) is 18.7 Å². The standard InChI is InChI=1S/C27H33FN6O/c1-17(2)24(25-30-31-32-34(25)27(4,5)6)33(15-19-10-12-22(28)13-11-19)16-21-14-20-9-7-8-18(3)23(20)29-26(21)35/h7-14,17,24H,15-16H2,1-6H3,(H,29,35). The number of nitrogens with zero attached hydrogens (tertiary/aromatic N) is 5. The van der Waals surface area contributed by atoms with Gasteiger partial charge < -0.3 is 4.98 Å². The topological polar surface area (TPSA) is 79.7 Å². The van der Waals surface area contributed by atoms with E-state index in [-0.39, 0.29) is 28.9 Å². The minimum atomic E-state index is -0.314. The molecule has 184 valence electrons. The molecule has 4 rings (SSSR count). The minimum absolute atomic E-state index is 0.117. The molecule has 0 saturated carbocycles. The van der Waals surface area contributed by atoms with Crippen molar-refractivity contribution < 1.29 is 4.39 Å². The van der Waals surface area contributed by atoms with E-state index in [2.05, 4.69) is 60.0 Å². The second-order valence-corrected chi connectivity index (χ2v) is 10.5. The van der Waals surface area contributed by atoms with Gasteiger partial charge in [-0.15, -0.1) is 5.10 Å². The van der Waals surface area contributed by atoms with Crippen molar-refractivity contribution in [2.24, 2.45) is 5.92 Å². The predicted octanol–water partition coefficient (Wildman–Crippen LogP) is 5.12. The van der Waals surface area contributed by atoms with Gasteiger partial charge in [-0.2, -0.15) is 0 Å². The third-order valence-corrected chi connectivity index (χ3v) is 6.26. The molecule has 1 N–H and O–H groups in total. The van der Waals surface area contributed by atoms with E-state index in [1.165, 1.54) is 12.1 Å². The number of halogens is 1. The lowest BCUT2D eigenvalue weighted by molar-refractivity contribution is 0.119. The number of nitrogens with one attached hydrogen (secondary N) is 1. The summed E-state index contributed by atoms with van der Waals surface area (Å²) in [6, 6.07) is 14.2. The van der Waals surface area contributed by atoms with Crippen molar-refractivity contribution >= 4 is 10.9 Å². The van der Waals surface area contributed by atoms with Crippen LogP contribution < -0.4 is 5.56 Å². The zero-order valence-corrected chi connectivity index (χ0v) is 21.2. The fourth-order valence-electron chi connectivity index (χ4n) is 4.58. The van der Waals surface area contributed by atoms with Crippen LogP contribution in [0.2, 0.25) is 0 Å². The Labute approximate surface area is 205 Å². The predicted molar refractivity (Wildman–Crippen MR) is 135 cm³/mol. The van der Waals surface area contributed by atoms with Crippen molar-refractivity contribution in [2.45, 2.75) is 66.2 Å². The molecule has 0 aliphatic heterocycles. The van der Waals surface area contributed by atoms with Gasteiger partial charge >= 0.3 is 0 Å². The van der Waals surface area contributed by atoms with Crippen molar-refractivity contribution in [3.8, 4) is 0 Å². The molecule has 1 unspecified atom stereocenters. The molecule has 2 heterocycles. The largest absolute Gasteiger partial charge is 0.321 e. The number of rotatable bonds is 7. The Kier molecular flexibility index (Phi) is 6.85. The zero-order chi connectivity index (χ0) is 25.3. The van der Waals surface area contributed by atoms with Crippen LogP contribution in [0, 0.1) is 18.7 Å². The lowest BCUT2D eigenvalue weighted by Gasteiger charge is -2.35. The molecule has 1 atom stereocenters. The summed E-state index contributed by atoms with van der Waals surface area (Å²) in [5.41, 5.74) is 3.05. The summed E-state index contributed by atoms with van der Waals surface area (Å²) in [4.78, 5) is 18.4. The van der Waals surface area contributed by atoms with Crippen LogP contribution in [0.4, 0.5) is 4.39 Å². The molecule has 0 aliphatic rings. The average Bonchev–Trinajstić information content (AvgIpc) is 3.26. The number of tetrazole rings is 1. The smallest absolute Gasteiger partial charge is 0.252 e. The van der Waals surface area contributed by atoms with E-state index in [0.717, 1.165) is 27.9 Å². The van der Waals surface area contributed by atoms with Crippen LogP contribution in [0.3, 0.4) is 0 Å². The summed E-state index contributed by atoms with van der Waals surface area (Å²) >= 11 is 0. The molecule has 0 radical (unpaired) electrons. The third-order valence-electron chi connectivity index (χ3n) is 6.26. The molecular formula is C27H33FN6O. The second kappa shape index (κ2) is 9.70.